The SMILES string of the molecule is COC(=O)c1ccc(F)cc1[C@H](CF)Oc1cccnc1N. The van der Waals surface area contributed by atoms with Gasteiger partial charge in [-0.05, 0) is 30.3 Å². The Kier molecular flexibility index (Phi) is 4.88. The third-order valence-corrected chi connectivity index (χ3v) is 2.97. The van der Waals surface area contributed by atoms with Gasteiger partial charge in [0.05, 0.1) is 12.7 Å². The van der Waals surface area contributed by atoms with Crippen molar-refractivity contribution in [1.29, 1.82) is 0 Å². The van der Waals surface area contributed by atoms with Crippen LogP contribution in [0, 0.1) is 5.82 Å². The number of nitrogens with two attached hydrogens (primary N) is 1. The number of methoxy groups -OCH3 is 1. The second kappa shape index (κ2) is 6.84. The van der Waals surface area contributed by atoms with Gasteiger partial charge in [-0.2, -0.15) is 0 Å². The van der Waals surface area contributed by atoms with Crippen molar-refractivity contribution in [2.75, 3.05) is 19.5 Å². The first-order valence-electron chi connectivity index (χ1n) is 6.37. The molecule has 1 aromatic heterocycles. The summed E-state index contributed by atoms with van der Waals surface area (Å²) in [7, 11) is 1.18. The van der Waals surface area contributed by atoms with Crippen LogP contribution >= 0.6 is 0 Å². The van der Waals surface area contributed by atoms with E-state index in [0.29, 0.717) is 0 Å². The van der Waals surface area contributed by atoms with Gasteiger partial charge < -0.3 is 15.2 Å². The van der Waals surface area contributed by atoms with Gasteiger partial charge in [0.25, 0.3) is 0 Å². The molecular formula is C15H14F2N2O3. The quantitative estimate of drug-likeness (QED) is 0.860. The summed E-state index contributed by atoms with van der Waals surface area (Å²) < 4.78 is 36.9. The lowest BCUT2D eigenvalue weighted by Crippen LogP contribution is -2.16. The molecule has 0 aliphatic heterocycles. The van der Waals surface area contributed by atoms with Gasteiger partial charge in [0, 0.05) is 11.8 Å². The number of esters is 1. The Morgan fingerprint density at radius 3 is 2.82 bits per heavy atom. The fraction of sp³-hybridized carbons (Fsp3) is 0.200. The molecule has 2 aromatic rings. The first-order valence-corrected chi connectivity index (χ1v) is 6.37. The number of aromatic nitrogens is 1. The highest BCUT2D eigenvalue weighted by Gasteiger charge is 2.23. The van der Waals surface area contributed by atoms with Crippen molar-refractivity contribution < 1.29 is 23.0 Å². The fourth-order valence-corrected chi connectivity index (χ4v) is 1.93. The molecule has 5 nitrogen and oxygen atoms in total. The summed E-state index contributed by atoms with van der Waals surface area (Å²) in [5, 5.41) is 0. The van der Waals surface area contributed by atoms with Crippen LogP contribution in [0.4, 0.5) is 14.6 Å². The number of alkyl halides is 1. The highest BCUT2D eigenvalue weighted by Crippen LogP contribution is 2.28. The molecule has 1 heterocycles. The molecule has 0 fully saturated rings. The zero-order valence-corrected chi connectivity index (χ0v) is 11.8. The van der Waals surface area contributed by atoms with Gasteiger partial charge in [-0.15, -0.1) is 0 Å². The maximum absolute atomic E-state index is 13.5. The number of nitrogens with zero attached hydrogens (tertiary/aromatic N) is 1. The van der Waals surface area contributed by atoms with Crippen molar-refractivity contribution >= 4 is 11.8 Å². The second-order valence-corrected chi connectivity index (χ2v) is 4.37. The van der Waals surface area contributed by atoms with Crippen molar-refractivity contribution in [2.45, 2.75) is 6.10 Å². The van der Waals surface area contributed by atoms with Gasteiger partial charge in [-0.3, -0.25) is 0 Å². The number of carbonyl (C=O) groups is 1. The Labute approximate surface area is 125 Å². The summed E-state index contributed by atoms with van der Waals surface area (Å²) in [4.78, 5) is 15.5. The molecule has 0 unspecified atom stereocenters. The third-order valence-electron chi connectivity index (χ3n) is 2.97. The predicted octanol–water partition coefficient (Wildman–Crippen LogP) is 2.68. The Morgan fingerprint density at radius 1 is 1.41 bits per heavy atom. The number of pyridine rings is 1. The van der Waals surface area contributed by atoms with Crippen LogP contribution in [0.2, 0.25) is 0 Å². The third kappa shape index (κ3) is 3.30. The van der Waals surface area contributed by atoms with Gasteiger partial charge in [0.2, 0.25) is 0 Å². The van der Waals surface area contributed by atoms with Crippen LogP contribution in [0.5, 0.6) is 5.75 Å². The lowest BCUT2D eigenvalue weighted by Gasteiger charge is -2.19. The molecular weight excluding hydrogens is 294 g/mol. The van der Waals surface area contributed by atoms with Crippen LogP contribution in [0.15, 0.2) is 36.5 Å². The number of nitrogen functional groups attached to an aromatic ring is 1. The van der Waals surface area contributed by atoms with Crippen molar-refractivity contribution in [2.24, 2.45) is 0 Å². The molecule has 0 aliphatic rings. The molecule has 0 radical (unpaired) electrons. The molecule has 7 heteroatoms. The average molecular weight is 308 g/mol. The molecule has 22 heavy (non-hydrogen) atoms. The molecule has 0 saturated carbocycles. The molecule has 116 valence electrons. The van der Waals surface area contributed by atoms with Gasteiger partial charge in [-0.25, -0.2) is 18.6 Å². The largest absolute Gasteiger partial charge is 0.479 e. The number of ether oxygens (including phenoxy) is 2. The molecule has 0 aliphatic carbocycles. The van der Waals surface area contributed by atoms with E-state index in [0.717, 1.165) is 12.1 Å². The zero-order chi connectivity index (χ0) is 16.1. The van der Waals surface area contributed by atoms with E-state index in [1.165, 1.54) is 25.4 Å². The van der Waals surface area contributed by atoms with E-state index in [-0.39, 0.29) is 22.7 Å². The number of halogens is 2. The minimum atomic E-state index is -1.21. The monoisotopic (exact) mass is 308 g/mol. The van der Waals surface area contributed by atoms with E-state index in [1.54, 1.807) is 6.07 Å². The second-order valence-electron chi connectivity index (χ2n) is 4.37. The summed E-state index contributed by atoms with van der Waals surface area (Å²) in [6.45, 7) is -0.984. The number of rotatable bonds is 5. The van der Waals surface area contributed by atoms with Crippen LogP contribution in [0.3, 0.4) is 0 Å². The van der Waals surface area contributed by atoms with E-state index in [9.17, 15) is 13.6 Å². The minimum Gasteiger partial charge on any atom is -0.479 e. The number of benzene rings is 1. The van der Waals surface area contributed by atoms with Crippen LogP contribution < -0.4 is 10.5 Å². The molecule has 2 rings (SSSR count). The molecule has 2 N–H and O–H groups in total. The average Bonchev–Trinajstić information content (AvgIpc) is 2.53. The van der Waals surface area contributed by atoms with Crippen molar-refractivity contribution in [3.63, 3.8) is 0 Å². The summed E-state index contributed by atoms with van der Waals surface area (Å²) >= 11 is 0. The summed E-state index contributed by atoms with van der Waals surface area (Å²) in [5.41, 5.74) is 5.69. The van der Waals surface area contributed by atoms with Crippen molar-refractivity contribution in [3.8, 4) is 5.75 Å². The molecule has 0 saturated heterocycles. The van der Waals surface area contributed by atoms with Gasteiger partial charge in [0.15, 0.2) is 17.7 Å². The maximum atomic E-state index is 13.5. The van der Waals surface area contributed by atoms with E-state index >= 15 is 0 Å². The highest BCUT2D eigenvalue weighted by atomic mass is 19.1. The fourth-order valence-electron chi connectivity index (χ4n) is 1.93. The Morgan fingerprint density at radius 2 is 2.18 bits per heavy atom. The lowest BCUT2D eigenvalue weighted by atomic mass is 10.0. The molecule has 0 spiro atoms. The van der Waals surface area contributed by atoms with Crippen LogP contribution in [-0.4, -0.2) is 24.7 Å². The van der Waals surface area contributed by atoms with Crippen molar-refractivity contribution in [1.82, 2.24) is 4.98 Å². The van der Waals surface area contributed by atoms with E-state index in [4.69, 9.17) is 10.5 Å². The molecule has 0 amide bonds. The van der Waals surface area contributed by atoms with Crippen LogP contribution in [-0.2, 0) is 4.74 Å². The number of hydrogen-bond acceptors (Lipinski definition) is 5. The highest BCUT2D eigenvalue weighted by molar-refractivity contribution is 5.91. The summed E-state index contributed by atoms with van der Waals surface area (Å²) in [5.74, 6) is -1.12. The first kappa shape index (κ1) is 15.7. The van der Waals surface area contributed by atoms with Crippen LogP contribution in [0.1, 0.15) is 22.0 Å². The van der Waals surface area contributed by atoms with Gasteiger partial charge in [0.1, 0.15) is 12.5 Å². The van der Waals surface area contributed by atoms with Crippen LogP contribution in [0.25, 0.3) is 0 Å². The molecule has 0 bridgehead atoms. The van der Waals surface area contributed by atoms with Gasteiger partial charge in [-0.1, -0.05) is 0 Å². The van der Waals surface area contributed by atoms with E-state index in [1.807, 2.05) is 0 Å². The lowest BCUT2D eigenvalue weighted by molar-refractivity contribution is 0.0593. The predicted molar refractivity (Wildman–Crippen MR) is 75.7 cm³/mol. The number of anilines is 1. The smallest absolute Gasteiger partial charge is 0.338 e. The van der Waals surface area contributed by atoms with E-state index < -0.39 is 24.6 Å². The van der Waals surface area contributed by atoms with E-state index in [2.05, 4.69) is 9.72 Å². The maximum Gasteiger partial charge on any atom is 0.338 e. The normalized spacial score (nSPS) is 11.8. The van der Waals surface area contributed by atoms with Crippen molar-refractivity contribution in [3.05, 3.63) is 53.5 Å². The summed E-state index contributed by atoms with van der Waals surface area (Å²) in [6, 6.07) is 6.40. The standard InChI is InChI=1S/C15H14F2N2O3/c1-21-15(20)10-5-4-9(17)7-11(10)13(8-16)22-12-3-2-6-19-14(12)18/h2-7,13H,8H2,1H3,(H2,18,19)/t13-/m0/s1. The summed E-state index contributed by atoms with van der Waals surface area (Å²) in [6.07, 6.45) is 0.241. The molecule has 1 atom stereocenters. The number of carbonyl (C=O) groups excluding carboxylic acids is 1. The first-order chi connectivity index (χ1) is 10.6. The zero-order valence-electron chi connectivity index (χ0n) is 11.8. The minimum absolute atomic E-state index is 0.0222. The Hall–Kier alpha value is -2.70. The Balaban J connectivity index is 2.40. The topological polar surface area (TPSA) is 74.4 Å². The van der Waals surface area contributed by atoms with Gasteiger partial charge >= 0.3 is 5.97 Å². The molecule has 1 aromatic carbocycles. The Bertz CT molecular complexity index is 680. The number of hydrogen-bond donors (Lipinski definition) is 1.